The van der Waals surface area contributed by atoms with Gasteiger partial charge in [0.1, 0.15) is 5.69 Å². The summed E-state index contributed by atoms with van der Waals surface area (Å²) in [5.41, 5.74) is 1.47. The van der Waals surface area contributed by atoms with Gasteiger partial charge in [-0.3, -0.25) is 4.79 Å². The van der Waals surface area contributed by atoms with E-state index in [1.54, 1.807) is 0 Å². The number of aromatic amines is 1. The average molecular weight is 378 g/mol. The van der Waals surface area contributed by atoms with Crippen molar-refractivity contribution in [3.63, 3.8) is 0 Å². The van der Waals surface area contributed by atoms with Gasteiger partial charge in [0, 0.05) is 28.5 Å². The van der Waals surface area contributed by atoms with E-state index >= 15 is 0 Å². The van der Waals surface area contributed by atoms with E-state index in [-0.39, 0.29) is 11.9 Å². The number of carbonyl (C=O) groups is 2. The second-order valence-corrected chi connectivity index (χ2v) is 5.82. The van der Waals surface area contributed by atoms with Crippen LogP contribution < -0.4 is 10.6 Å². The van der Waals surface area contributed by atoms with Crippen molar-refractivity contribution in [1.29, 1.82) is 0 Å². The van der Waals surface area contributed by atoms with Gasteiger partial charge in [-0.15, -0.1) is 0 Å². The molecule has 136 valence electrons. The van der Waals surface area contributed by atoms with Crippen LogP contribution in [0, 0.1) is 0 Å². The molecule has 10 heteroatoms. The van der Waals surface area contributed by atoms with Crippen molar-refractivity contribution in [1.82, 2.24) is 15.6 Å². The molecule has 25 heavy (non-hydrogen) atoms. The Balaban J connectivity index is 0.000000277. The first kappa shape index (κ1) is 19.1. The largest absolute Gasteiger partial charge is 0.490 e. The lowest BCUT2D eigenvalue weighted by molar-refractivity contribution is -0.192. The zero-order valence-corrected chi connectivity index (χ0v) is 13.5. The SMILES string of the molecule is O=C(N[C@@H]1CCNC1)c1cc2ccc(Cl)cc2[nH]1.O=C(O)C(F)(F)F. The van der Waals surface area contributed by atoms with E-state index in [4.69, 9.17) is 21.5 Å². The zero-order valence-electron chi connectivity index (χ0n) is 12.8. The predicted molar refractivity (Wildman–Crippen MR) is 85.7 cm³/mol. The highest BCUT2D eigenvalue weighted by Gasteiger charge is 2.38. The second-order valence-electron chi connectivity index (χ2n) is 5.38. The molecule has 1 aliphatic heterocycles. The minimum atomic E-state index is -5.08. The topological polar surface area (TPSA) is 94.2 Å². The number of hydrogen-bond acceptors (Lipinski definition) is 3. The molecule has 1 aliphatic rings. The number of carboxylic acids is 1. The summed E-state index contributed by atoms with van der Waals surface area (Å²) in [6.07, 6.45) is -4.10. The number of carboxylic acid groups (broad SMARTS) is 1. The van der Waals surface area contributed by atoms with Crippen molar-refractivity contribution in [2.75, 3.05) is 13.1 Å². The molecule has 1 aromatic heterocycles. The van der Waals surface area contributed by atoms with Gasteiger partial charge < -0.3 is 20.7 Å². The number of aromatic nitrogens is 1. The summed E-state index contributed by atoms with van der Waals surface area (Å²) in [5.74, 6) is -2.82. The van der Waals surface area contributed by atoms with Gasteiger partial charge in [-0.25, -0.2) is 4.79 Å². The average Bonchev–Trinajstić information content (AvgIpc) is 3.15. The van der Waals surface area contributed by atoms with Crippen molar-refractivity contribution in [3.05, 3.63) is 35.0 Å². The molecular formula is C15H15ClF3N3O3. The summed E-state index contributed by atoms with van der Waals surface area (Å²) in [4.78, 5) is 24.0. The first-order chi connectivity index (χ1) is 11.7. The molecule has 0 bridgehead atoms. The third kappa shape index (κ3) is 5.36. The highest BCUT2D eigenvalue weighted by atomic mass is 35.5. The monoisotopic (exact) mass is 377 g/mol. The number of nitrogens with one attached hydrogen (secondary N) is 3. The summed E-state index contributed by atoms with van der Waals surface area (Å²) in [5, 5.41) is 15.0. The van der Waals surface area contributed by atoms with Crippen molar-refractivity contribution >= 4 is 34.4 Å². The maximum Gasteiger partial charge on any atom is 0.490 e. The molecule has 1 atom stereocenters. The molecule has 1 amide bonds. The molecule has 3 rings (SSSR count). The zero-order chi connectivity index (χ0) is 18.6. The Labute approximate surface area is 145 Å². The van der Waals surface area contributed by atoms with Gasteiger partial charge in [0.15, 0.2) is 0 Å². The van der Waals surface area contributed by atoms with Gasteiger partial charge in [-0.05, 0) is 31.2 Å². The van der Waals surface area contributed by atoms with Crippen LogP contribution in [0.5, 0.6) is 0 Å². The van der Waals surface area contributed by atoms with Crippen LogP contribution in [0.25, 0.3) is 10.9 Å². The normalized spacial score (nSPS) is 17.0. The molecule has 0 aliphatic carbocycles. The smallest absolute Gasteiger partial charge is 0.475 e. The van der Waals surface area contributed by atoms with E-state index in [1.807, 2.05) is 24.3 Å². The van der Waals surface area contributed by atoms with Crippen LogP contribution >= 0.6 is 11.6 Å². The summed E-state index contributed by atoms with van der Waals surface area (Å²) in [6.45, 7) is 1.81. The van der Waals surface area contributed by atoms with Crippen LogP contribution in [0.4, 0.5) is 13.2 Å². The number of hydrogen-bond donors (Lipinski definition) is 4. The van der Waals surface area contributed by atoms with E-state index in [2.05, 4.69) is 15.6 Å². The van der Waals surface area contributed by atoms with Gasteiger partial charge in [-0.1, -0.05) is 17.7 Å². The Morgan fingerprint density at radius 3 is 2.52 bits per heavy atom. The Morgan fingerprint density at radius 1 is 1.28 bits per heavy atom. The van der Waals surface area contributed by atoms with Gasteiger partial charge >= 0.3 is 12.1 Å². The van der Waals surface area contributed by atoms with E-state index < -0.39 is 12.1 Å². The predicted octanol–water partition coefficient (Wildman–Crippen LogP) is 2.55. The number of amides is 1. The molecule has 2 aromatic rings. The van der Waals surface area contributed by atoms with Crippen molar-refractivity contribution in [3.8, 4) is 0 Å². The second kappa shape index (κ2) is 7.75. The lowest BCUT2D eigenvalue weighted by atomic mass is 10.2. The van der Waals surface area contributed by atoms with Crippen LogP contribution in [0.2, 0.25) is 5.02 Å². The number of halogens is 4. The molecule has 1 fully saturated rings. The lowest BCUT2D eigenvalue weighted by Gasteiger charge is -2.09. The number of aliphatic carboxylic acids is 1. The Hall–Kier alpha value is -2.26. The van der Waals surface area contributed by atoms with Crippen LogP contribution in [-0.2, 0) is 4.79 Å². The van der Waals surface area contributed by atoms with Gasteiger partial charge in [-0.2, -0.15) is 13.2 Å². The van der Waals surface area contributed by atoms with Crippen molar-refractivity contribution in [2.24, 2.45) is 0 Å². The minimum Gasteiger partial charge on any atom is -0.475 e. The number of fused-ring (bicyclic) bond motifs is 1. The number of rotatable bonds is 2. The molecular weight excluding hydrogens is 363 g/mol. The first-order valence-corrected chi connectivity index (χ1v) is 7.64. The van der Waals surface area contributed by atoms with Gasteiger partial charge in [0.2, 0.25) is 0 Å². The fraction of sp³-hybridized carbons (Fsp3) is 0.333. The van der Waals surface area contributed by atoms with Crippen molar-refractivity contribution < 1.29 is 27.9 Å². The molecule has 0 unspecified atom stereocenters. The van der Waals surface area contributed by atoms with E-state index in [0.29, 0.717) is 10.7 Å². The van der Waals surface area contributed by atoms with E-state index in [0.717, 1.165) is 30.4 Å². The molecule has 1 saturated heterocycles. The number of carbonyl (C=O) groups excluding carboxylic acids is 1. The maximum atomic E-state index is 12.1. The van der Waals surface area contributed by atoms with Crippen LogP contribution in [0.3, 0.4) is 0 Å². The van der Waals surface area contributed by atoms with E-state index in [1.165, 1.54) is 0 Å². The minimum absolute atomic E-state index is 0.0592. The third-order valence-corrected chi connectivity index (χ3v) is 3.70. The molecule has 1 aromatic carbocycles. The Kier molecular flexibility index (Phi) is 5.91. The standard InChI is InChI=1S/C13H14ClN3O.C2HF3O2/c14-9-2-1-8-5-12(17-11(8)6-9)13(18)16-10-3-4-15-7-10;3-2(4,5)1(6)7/h1-2,5-6,10,15,17H,3-4,7H2,(H,16,18);(H,6,7)/t10-;/m1./s1. The summed E-state index contributed by atoms with van der Waals surface area (Å²) in [6, 6.07) is 7.63. The lowest BCUT2D eigenvalue weighted by Crippen LogP contribution is -2.36. The highest BCUT2D eigenvalue weighted by Crippen LogP contribution is 2.20. The third-order valence-electron chi connectivity index (χ3n) is 3.47. The van der Waals surface area contributed by atoms with Gasteiger partial charge in [0.25, 0.3) is 5.91 Å². The first-order valence-electron chi connectivity index (χ1n) is 7.27. The number of alkyl halides is 3. The Morgan fingerprint density at radius 2 is 1.96 bits per heavy atom. The van der Waals surface area contributed by atoms with Crippen LogP contribution in [0.15, 0.2) is 24.3 Å². The molecule has 6 nitrogen and oxygen atoms in total. The Bertz CT molecular complexity index is 770. The van der Waals surface area contributed by atoms with E-state index in [9.17, 15) is 18.0 Å². The highest BCUT2D eigenvalue weighted by molar-refractivity contribution is 6.31. The molecule has 0 radical (unpaired) electrons. The van der Waals surface area contributed by atoms with Crippen molar-refractivity contribution in [2.45, 2.75) is 18.6 Å². The molecule has 2 heterocycles. The summed E-state index contributed by atoms with van der Waals surface area (Å²) < 4.78 is 31.7. The number of H-pyrrole nitrogens is 1. The fourth-order valence-electron chi connectivity index (χ4n) is 2.26. The number of benzene rings is 1. The summed E-state index contributed by atoms with van der Waals surface area (Å²) >= 11 is 5.92. The maximum absolute atomic E-state index is 12.1. The van der Waals surface area contributed by atoms with Crippen LogP contribution in [-0.4, -0.2) is 47.3 Å². The quantitative estimate of drug-likeness (QED) is 0.647. The van der Waals surface area contributed by atoms with Gasteiger partial charge in [0.05, 0.1) is 0 Å². The molecule has 4 N–H and O–H groups in total. The molecule has 0 saturated carbocycles. The summed E-state index contributed by atoms with van der Waals surface area (Å²) in [7, 11) is 0. The van der Waals surface area contributed by atoms with Crippen LogP contribution in [0.1, 0.15) is 16.9 Å². The molecule has 0 spiro atoms. The fourth-order valence-corrected chi connectivity index (χ4v) is 2.43.